The van der Waals surface area contributed by atoms with Gasteiger partial charge in [-0.15, -0.1) is 0 Å². The van der Waals surface area contributed by atoms with Crippen LogP contribution in [-0.4, -0.2) is 51.1 Å². The molecular weight excluding hydrogens is 230 g/mol. The molecule has 0 aliphatic heterocycles. The molecule has 0 aromatic carbocycles. The molecule has 96 valence electrons. The molecule has 0 radical (unpaired) electrons. The van der Waals surface area contributed by atoms with Gasteiger partial charge in [-0.25, -0.2) is 8.42 Å². The summed E-state index contributed by atoms with van der Waals surface area (Å²) in [4.78, 5) is 11.1. The second-order valence-corrected chi connectivity index (χ2v) is 5.50. The molecule has 0 atom stereocenters. The standard InChI is InChI=1S/C9H21N3O3S/c1-3-12(8-9(13)11-2)16(14,15)7-5-4-6-10/h3-8,10H2,1-2H3,(H,11,13). The van der Waals surface area contributed by atoms with Crippen molar-refractivity contribution in [3.63, 3.8) is 0 Å². The van der Waals surface area contributed by atoms with Crippen molar-refractivity contribution in [3.05, 3.63) is 0 Å². The molecule has 0 rings (SSSR count). The van der Waals surface area contributed by atoms with Gasteiger partial charge in [0.25, 0.3) is 0 Å². The number of rotatable bonds is 8. The molecule has 0 aromatic rings. The van der Waals surface area contributed by atoms with Crippen LogP contribution in [0.25, 0.3) is 0 Å². The number of hydrogen-bond acceptors (Lipinski definition) is 4. The summed E-state index contributed by atoms with van der Waals surface area (Å²) in [6.45, 7) is 2.39. The van der Waals surface area contributed by atoms with E-state index in [0.29, 0.717) is 25.9 Å². The van der Waals surface area contributed by atoms with Crippen molar-refractivity contribution in [2.75, 3.05) is 32.4 Å². The highest BCUT2D eigenvalue weighted by Crippen LogP contribution is 2.04. The quantitative estimate of drug-likeness (QED) is 0.548. The molecule has 0 saturated carbocycles. The first-order valence-electron chi connectivity index (χ1n) is 5.36. The number of nitrogens with two attached hydrogens (primary N) is 1. The first-order chi connectivity index (χ1) is 7.47. The van der Waals surface area contributed by atoms with Gasteiger partial charge in [0.15, 0.2) is 0 Å². The highest BCUT2D eigenvalue weighted by atomic mass is 32.2. The number of carbonyl (C=O) groups is 1. The lowest BCUT2D eigenvalue weighted by molar-refractivity contribution is -0.120. The Kier molecular flexibility index (Phi) is 7.27. The van der Waals surface area contributed by atoms with Gasteiger partial charge in [-0.3, -0.25) is 4.79 Å². The van der Waals surface area contributed by atoms with Crippen LogP contribution in [0.3, 0.4) is 0 Å². The number of unbranched alkanes of at least 4 members (excludes halogenated alkanes) is 1. The minimum Gasteiger partial charge on any atom is -0.358 e. The molecule has 1 amide bonds. The Morgan fingerprint density at radius 1 is 1.38 bits per heavy atom. The first kappa shape index (κ1) is 15.3. The molecule has 0 aliphatic rings. The fraction of sp³-hybridized carbons (Fsp3) is 0.889. The van der Waals surface area contributed by atoms with E-state index in [1.165, 1.54) is 11.4 Å². The van der Waals surface area contributed by atoms with E-state index in [4.69, 9.17) is 5.73 Å². The highest BCUT2D eigenvalue weighted by Gasteiger charge is 2.21. The maximum absolute atomic E-state index is 11.8. The minimum atomic E-state index is -3.33. The van der Waals surface area contributed by atoms with Crippen LogP contribution >= 0.6 is 0 Å². The Morgan fingerprint density at radius 2 is 2.00 bits per heavy atom. The molecule has 0 aromatic heterocycles. The van der Waals surface area contributed by atoms with Gasteiger partial charge < -0.3 is 11.1 Å². The second-order valence-electron chi connectivity index (χ2n) is 3.41. The SMILES string of the molecule is CCN(CC(=O)NC)S(=O)(=O)CCCCN. The molecule has 0 heterocycles. The number of nitrogens with zero attached hydrogens (tertiary/aromatic N) is 1. The Morgan fingerprint density at radius 3 is 2.44 bits per heavy atom. The van der Waals surface area contributed by atoms with E-state index in [-0.39, 0.29) is 18.2 Å². The lowest BCUT2D eigenvalue weighted by Gasteiger charge is -2.19. The molecule has 0 aliphatic carbocycles. The third kappa shape index (κ3) is 5.43. The summed E-state index contributed by atoms with van der Waals surface area (Å²) in [5.41, 5.74) is 5.30. The van der Waals surface area contributed by atoms with E-state index >= 15 is 0 Å². The van der Waals surface area contributed by atoms with E-state index in [1.54, 1.807) is 6.92 Å². The summed E-state index contributed by atoms with van der Waals surface area (Å²) in [7, 11) is -1.85. The summed E-state index contributed by atoms with van der Waals surface area (Å²) >= 11 is 0. The summed E-state index contributed by atoms with van der Waals surface area (Å²) in [6, 6.07) is 0. The van der Waals surface area contributed by atoms with Crippen molar-refractivity contribution in [1.82, 2.24) is 9.62 Å². The highest BCUT2D eigenvalue weighted by molar-refractivity contribution is 7.89. The van der Waals surface area contributed by atoms with Crippen LogP contribution in [-0.2, 0) is 14.8 Å². The number of likely N-dealkylation sites (N-methyl/N-ethyl adjacent to an activating group) is 2. The van der Waals surface area contributed by atoms with Crippen LogP contribution in [0.2, 0.25) is 0 Å². The normalized spacial score (nSPS) is 11.8. The zero-order chi connectivity index (χ0) is 12.6. The first-order valence-corrected chi connectivity index (χ1v) is 6.97. The predicted molar refractivity (Wildman–Crippen MR) is 63.4 cm³/mol. The Balaban J connectivity index is 4.37. The van der Waals surface area contributed by atoms with Crippen molar-refractivity contribution in [3.8, 4) is 0 Å². The van der Waals surface area contributed by atoms with Crippen molar-refractivity contribution < 1.29 is 13.2 Å². The molecular formula is C9H21N3O3S. The lowest BCUT2D eigenvalue weighted by atomic mass is 10.3. The molecule has 16 heavy (non-hydrogen) atoms. The van der Waals surface area contributed by atoms with Gasteiger partial charge in [0, 0.05) is 13.6 Å². The fourth-order valence-electron chi connectivity index (χ4n) is 1.20. The molecule has 6 nitrogen and oxygen atoms in total. The Labute approximate surface area is 97.2 Å². The van der Waals surface area contributed by atoms with Gasteiger partial charge in [0.1, 0.15) is 0 Å². The van der Waals surface area contributed by atoms with E-state index in [9.17, 15) is 13.2 Å². The molecule has 0 bridgehead atoms. The number of carbonyl (C=O) groups excluding carboxylic acids is 1. The number of nitrogens with one attached hydrogen (secondary N) is 1. The molecule has 0 spiro atoms. The molecule has 0 saturated heterocycles. The van der Waals surface area contributed by atoms with Crippen LogP contribution in [0.1, 0.15) is 19.8 Å². The summed E-state index contributed by atoms with van der Waals surface area (Å²) in [6.07, 6.45) is 1.21. The van der Waals surface area contributed by atoms with Gasteiger partial charge in [0.05, 0.1) is 12.3 Å². The van der Waals surface area contributed by atoms with Gasteiger partial charge in [-0.1, -0.05) is 6.92 Å². The monoisotopic (exact) mass is 251 g/mol. The largest absolute Gasteiger partial charge is 0.358 e. The zero-order valence-electron chi connectivity index (χ0n) is 9.90. The molecule has 7 heteroatoms. The van der Waals surface area contributed by atoms with Crippen molar-refractivity contribution in [2.45, 2.75) is 19.8 Å². The molecule has 0 unspecified atom stereocenters. The van der Waals surface area contributed by atoms with Crippen LogP contribution in [0.4, 0.5) is 0 Å². The van der Waals surface area contributed by atoms with Crippen LogP contribution in [0.5, 0.6) is 0 Å². The lowest BCUT2D eigenvalue weighted by Crippen LogP contribution is -2.40. The minimum absolute atomic E-state index is 0.0506. The van der Waals surface area contributed by atoms with Crippen LogP contribution < -0.4 is 11.1 Å². The maximum atomic E-state index is 11.8. The van der Waals surface area contributed by atoms with E-state index in [2.05, 4.69) is 5.32 Å². The van der Waals surface area contributed by atoms with Gasteiger partial charge in [0.2, 0.25) is 15.9 Å². The zero-order valence-corrected chi connectivity index (χ0v) is 10.7. The predicted octanol–water partition coefficient (Wildman–Crippen LogP) is -0.877. The van der Waals surface area contributed by atoms with Crippen molar-refractivity contribution >= 4 is 15.9 Å². The fourth-order valence-corrected chi connectivity index (χ4v) is 2.74. The topological polar surface area (TPSA) is 92.5 Å². The Hall–Kier alpha value is -0.660. The van der Waals surface area contributed by atoms with Crippen LogP contribution in [0.15, 0.2) is 0 Å². The number of sulfonamides is 1. The van der Waals surface area contributed by atoms with E-state index in [1.807, 2.05) is 0 Å². The average Bonchev–Trinajstić information content (AvgIpc) is 2.25. The average molecular weight is 251 g/mol. The number of amides is 1. The summed E-state index contributed by atoms with van der Waals surface area (Å²) in [5, 5.41) is 2.40. The van der Waals surface area contributed by atoms with Gasteiger partial charge >= 0.3 is 0 Å². The van der Waals surface area contributed by atoms with Gasteiger partial charge in [-0.2, -0.15) is 4.31 Å². The third-order valence-electron chi connectivity index (χ3n) is 2.20. The van der Waals surface area contributed by atoms with Crippen molar-refractivity contribution in [2.24, 2.45) is 5.73 Å². The van der Waals surface area contributed by atoms with Gasteiger partial charge in [-0.05, 0) is 19.4 Å². The smallest absolute Gasteiger partial charge is 0.235 e. The summed E-state index contributed by atoms with van der Waals surface area (Å²) in [5.74, 6) is -0.251. The van der Waals surface area contributed by atoms with E-state index in [0.717, 1.165) is 0 Å². The van der Waals surface area contributed by atoms with Crippen LogP contribution in [0, 0.1) is 0 Å². The molecule has 0 fully saturated rings. The molecule has 3 N–H and O–H groups in total. The number of hydrogen-bond donors (Lipinski definition) is 2. The summed E-state index contributed by atoms with van der Waals surface area (Å²) < 4.78 is 24.8. The maximum Gasteiger partial charge on any atom is 0.235 e. The Bertz CT molecular complexity index is 303. The van der Waals surface area contributed by atoms with E-state index < -0.39 is 10.0 Å². The van der Waals surface area contributed by atoms with Crippen molar-refractivity contribution in [1.29, 1.82) is 0 Å². The third-order valence-corrected chi connectivity index (χ3v) is 4.18. The second kappa shape index (κ2) is 7.59.